The molecule has 1 amide bonds. The summed E-state index contributed by atoms with van der Waals surface area (Å²) in [6.07, 6.45) is 1.59. The third kappa shape index (κ3) is 3.02. The van der Waals surface area contributed by atoms with Gasteiger partial charge in [0.05, 0.1) is 0 Å². The molecule has 0 unspecified atom stereocenters. The molecule has 82 valence electrons. The summed E-state index contributed by atoms with van der Waals surface area (Å²) in [6, 6.07) is 3.72. The monoisotopic (exact) mass is 207 g/mol. The minimum absolute atomic E-state index is 0.379. The van der Waals surface area contributed by atoms with Crippen molar-refractivity contribution in [3.63, 3.8) is 0 Å². The molecule has 0 saturated carbocycles. The number of hydrogen-bond acceptors (Lipinski definition) is 3. The molecule has 0 aliphatic carbocycles. The molecular weight excluding hydrogens is 190 g/mol. The van der Waals surface area contributed by atoms with Crippen LogP contribution in [0.4, 0.5) is 0 Å². The molecule has 0 radical (unpaired) electrons. The van der Waals surface area contributed by atoms with E-state index in [4.69, 9.17) is 5.73 Å². The number of nitrogens with zero attached hydrogens (tertiary/aromatic N) is 2. The van der Waals surface area contributed by atoms with Crippen molar-refractivity contribution >= 4 is 5.91 Å². The molecule has 0 bridgehead atoms. The highest BCUT2D eigenvalue weighted by Gasteiger charge is 2.10. The molecule has 1 aromatic heterocycles. The predicted octanol–water partition coefficient (Wildman–Crippen LogP) is 1.02. The van der Waals surface area contributed by atoms with E-state index in [1.54, 1.807) is 6.20 Å². The Morgan fingerprint density at radius 3 is 2.67 bits per heavy atom. The number of pyridine rings is 1. The van der Waals surface area contributed by atoms with Gasteiger partial charge in [-0.1, -0.05) is 19.9 Å². The Kier molecular flexibility index (Phi) is 4.24. The maximum atomic E-state index is 11.1. The van der Waals surface area contributed by atoms with Crippen LogP contribution in [0.15, 0.2) is 18.3 Å². The Bertz CT molecular complexity index is 334. The van der Waals surface area contributed by atoms with Gasteiger partial charge in [0.2, 0.25) is 0 Å². The standard InChI is InChI=1S/C11H17N3O/c1-3-14(4-2)8-9-6-5-7-13-10(9)11(12)15/h5-7H,3-4,8H2,1-2H3,(H2,12,15). The maximum Gasteiger partial charge on any atom is 0.267 e. The van der Waals surface area contributed by atoms with Gasteiger partial charge in [0.15, 0.2) is 0 Å². The van der Waals surface area contributed by atoms with Crippen molar-refractivity contribution in [2.45, 2.75) is 20.4 Å². The van der Waals surface area contributed by atoms with Crippen LogP contribution < -0.4 is 5.73 Å². The lowest BCUT2D eigenvalue weighted by Crippen LogP contribution is -2.25. The summed E-state index contributed by atoms with van der Waals surface area (Å²) in [6.45, 7) is 6.79. The van der Waals surface area contributed by atoms with Gasteiger partial charge in [-0.2, -0.15) is 0 Å². The molecule has 1 heterocycles. The minimum atomic E-state index is -0.460. The topological polar surface area (TPSA) is 59.2 Å². The molecule has 0 aliphatic heterocycles. The smallest absolute Gasteiger partial charge is 0.267 e. The fourth-order valence-corrected chi connectivity index (χ4v) is 1.48. The number of amides is 1. The molecule has 2 N–H and O–H groups in total. The van der Waals surface area contributed by atoms with E-state index in [2.05, 4.69) is 23.7 Å². The zero-order valence-electron chi connectivity index (χ0n) is 9.23. The minimum Gasteiger partial charge on any atom is -0.364 e. The summed E-state index contributed by atoms with van der Waals surface area (Å²) in [5, 5.41) is 0. The van der Waals surface area contributed by atoms with Crippen LogP contribution in [-0.2, 0) is 6.54 Å². The fraction of sp³-hybridized carbons (Fsp3) is 0.455. The lowest BCUT2D eigenvalue weighted by Gasteiger charge is -2.18. The second-order valence-electron chi connectivity index (χ2n) is 3.34. The first-order chi connectivity index (χ1) is 7.19. The lowest BCUT2D eigenvalue weighted by atomic mass is 10.1. The molecule has 0 spiro atoms. The van der Waals surface area contributed by atoms with Gasteiger partial charge in [0.25, 0.3) is 5.91 Å². The number of hydrogen-bond donors (Lipinski definition) is 1. The Balaban J connectivity index is 2.88. The summed E-state index contributed by atoms with van der Waals surface area (Å²) < 4.78 is 0. The van der Waals surface area contributed by atoms with Crippen molar-refractivity contribution in [2.24, 2.45) is 5.73 Å². The maximum absolute atomic E-state index is 11.1. The molecule has 1 rings (SSSR count). The van der Waals surface area contributed by atoms with Crippen LogP contribution in [0.5, 0.6) is 0 Å². The number of rotatable bonds is 5. The van der Waals surface area contributed by atoms with Gasteiger partial charge in [-0.15, -0.1) is 0 Å². The Morgan fingerprint density at radius 2 is 2.13 bits per heavy atom. The van der Waals surface area contributed by atoms with Crippen molar-refractivity contribution in [2.75, 3.05) is 13.1 Å². The quantitative estimate of drug-likeness (QED) is 0.784. The third-order valence-corrected chi connectivity index (χ3v) is 2.41. The molecule has 0 aromatic carbocycles. The first-order valence-corrected chi connectivity index (χ1v) is 5.15. The Hall–Kier alpha value is -1.42. The van der Waals surface area contributed by atoms with Crippen molar-refractivity contribution < 1.29 is 4.79 Å². The van der Waals surface area contributed by atoms with E-state index < -0.39 is 5.91 Å². The molecule has 0 saturated heterocycles. The molecule has 0 aliphatic rings. The van der Waals surface area contributed by atoms with Gasteiger partial charge in [-0.3, -0.25) is 14.7 Å². The van der Waals surface area contributed by atoms with Gasteiger partial charge < -0.3 is 5.73 Å². The zero-order chi connectivity index (χ0) is 11.3. The molecule has 4 nitrogen and oxygen atoms in total. The second-order valence-corrected chi connectivity index (χ2v) is 3.34. The summed E-state index contributed by atoms with van der Waals surface area (Å²) in [7, 11) is 0. The predicted molar refractivity (Wildman–Crippen MR) is 59.4 cm³/mol. The van der Waals surface area contributed by atoms with E-state index in [-0.39, 0.29) is 0 Å². The number of primary amides is 1. The SMILES string of the molecule is CCN(CC)Cc1cccnc1C(N)=O. The molecule has 15 heavy (non-hydrogen) atoms. The molecule has 0 fully saturated rings. The lowest BCUT2D eigenvalue weighted by molar-refractivity contribution is 0.0993. The average Bonchev–Trinajstić information content (AvgIpc) is 2.26. The van der Waals surface area contributed by atoms with Gasteiger partial charge in [-0.05, 0) is 24.7 Å². The van der Waals surface area contributed by atoms with Crippen LogP contribution >= 0.6 is 0 Å². The van der Waals surface area contributed by atoms with Crippen LogP contribution in [0.3, 0.4) is 0 Å². The Morgan fingerprint density at radius 1 is 1.47 bits per heavy atom. The largest absolute Gasteiger partial charge is 0.364 e. The van der Waals surface area contributed by atoms with Crippen molar-refractivity contribution in [3.05, 3.63) is 29.6 Å². The van der Waals surface area contributed by atoms with Crippen molar-refractivity contribution in [1.82, 2.24) is 9.88 Å². The molecule has 1 aromatic rings. The number of aromatic nitrogens is 1. The molecular formula is C11H17N3O. The van der Waals surface area contributed by atoms with Crippen LogP contribution in [0.1, 0.15) is 29.9 Å². The van der Waals surface area contributed by atoms with Gasteiger partial charge in [0.1, 0.15) is 5.69 Å². The van der Waals surface area contributed by atoms with Crippen LogP contribution in [0.2, 0.25) is 0 Å². The van der Waals surface area contributed by atoms with E-state index >= 15 is 0 Å². The van der Waals surface area contributed by atoms with E-state index in [1.165, 1.54) is 0 Å². The second kappa shape index (κ2) is 5.46. The Labute approximate surface area is 90.1 Å². The molecule has 0 atom stereocenters. The van der Waals surface area contributed by atoms with Crippen molar-refractivity contribution in [1.29, 1.82) is 0 Å². The summed E-state index contributed by atoms with van der Waals surface area (Å²) in [5.74, 6) is -0.460. The number of carbonyl (C=O) groups excluding carboxylic acids is 1. The zero-order valence-corrected chi connectivity index (χ0v) is 9.23. The van der Waals surface area contributed by atoms with E-state index in [0.29, 0.717) is 5.69 Å². The third-order valence-electron chi connectivity index (χ3n) is 2.41. The van der Waals surface area contributed by atoms with Crippen molar-refractivity contribution in [3.8, 4) is 0 Å². The molecule has 4 heteroatoms. The van der Waals surface area contributed by atoms with Crippen LogP contribution in [0, 0.1) is 0 Å². The summed E-state index contributed by atoms with van der Waals surface area (Å²) >= 11 is 0. The van der Waals surface area contributed by atoms with E-state index in [0.717, 1.165) is 25.2 Å². The first-order valence-electron chi connectivity index (χ1n) is 5.15. The summed E-state index contributed by atoms with van der Waals surface area (Å²) in [5.41, 5.74) is 6.53. The highest BCUT2D eigenvalue weighted by Crippen LogP contribution is 2.08. The first kappa shape index (κ1) is 11.7. The number of nitrogens with two attached hydrogens (primary N) is 1. The highest BCUT2D eigenvalue weighted by molar-refractivity contribution is 5.92. The fourth-order valence-electron chi connectivity index (χ4n) is 1.48. The van der Waals surface area contributed by atoms with E-state index in [1.807, 2.05) is 12.1 Å². The van der Waals surface area contributed by atoms with Gasteiger partial charge >= 0.3 is 0 Å². The summed E-state index contributed by atoms with van der Waals surface area (Å²) in [4.78, 5) is 17.3. The van der Waals surface area contributed by atoms with Gasteiger partial charge in [-0.25, -0.2) is 0 Å². The van der Waals surface area contributed by atoms with E-state index in [9.17, 15) is 4.79 Å². The van der Waals surface area contributed by atoms with Crippen LogP contribution in [0.25, 0.3) is 0 Å². The average molecular weight is 207 g/mol. The highest BCUT2D eigenvalue weighted by atomic mass is 16.1. The van der Waals surface area contributed by atoms with Gasteiger partial charge in [0, 0.05) is 12.7 Å². The van der Waals surface area contributed by atoms with Crippen LogP contribution in [-0.4, -0.2) is 28.9 Å². The number of carbonyl (C=O) groups is 1. The normalized spacial score (nSPS) is 10.6.